The number of anilines is 2. The molecular formula is C15H15N5S. The zero-order valence-corrected chi connectivity index (χ0v) is 12.6. The van der Waals surface area contributed by atoms with Crippen LogP contribution in [0.1, 0.15) is 5.56 Å². The highest BCUT2D eigenvalue weighted by Gasteiger charge is 2.15. The fourth-order valence-corrected chi connectivity index (χ4v) is 2.55. The number of hydrogen-bond acceptors (Lipinski definition) is 4. The summed E-state index contributed by atoms with van der Waals surface area (Å²) >= 11 is 5.13. The average molecular weight is 297 g/mol. The van der Waals surface area contributed by atoms with Gasteiger partial charge in [-0.3, -0.25) is 0 Å². The zero-order valence-electron chi connectivity index (χ0n) is 11.8. The summed E-state index contributed by atoms with van der Waals surface area (Å²) in [4.78, 5) is 11.2. The summed E-state index contributed by atoms with van der Waals surface area (Å²) < 4.78 is 1.97. The SMILES string of the molecule is CN(c1ccccc1C(N)=S)c1nccc2c1ncn2C. The minimum absolute atomic E-state index is 0.366. The molecule has 0 unspecified atom stereocenters. The van der Waals surface area contributed by atoms with E-state index in [9.17, 15) is 0 Å². The van der Waals surface area contributed by atoms with Crippen LogP contribution < -0.4 is 10.6 Å². The summed E-state index contributed by atoms with van der Waals surface area (Å²) in [6, 6.07) is 9.69. The number of benzene rings is 1. The summed E-state index contributed by atoms with van der Waals surface area (Å²) in [7, 11) is 3.90. The molecule has 21 heavy (non-hydrogen) atoms. The molecule has 5 nitrogen and oxygen atoms in total. The molecule has 2 N–H and O–H groups in total. The molecule has 0 saturated carbocycles. The Kier molecular flexibility index (Phi) is 3.31. The number of aromatic nitrogens is 3. The average Bonchev–Trinajstić information content (AvgIpc) is 2.88. The predicted molar refractivity (Wildman–Crippen MR) is 88.9 cm³/mol. The van der Waals surface area contributed by atoms with Gasteiger partial charge in [0.2, 0.25) is 0 Å². The second kappa shape index (κ2) is 5.14. The van der Waals surface area contributed by atoms with E-state index in [1.54, 1.807) is 12.5 Å². The van der Waals surface area contributed by atoms with Crippen LogP contribution >= 0.6 is 12.2 Å². The molecule has 0 aliphatic carbocycles. The third kappa shape index (κ3) is 2.23. The van der Waals surface area contributed by atoms with Gasteiger partial charge in [-0.05, 0) is 18.2 Å². The number of nitrogens with zero attached hydrogens (tertiary/aromatic N) is 4. The van der Waals surface area contributed by atoms with Gasteiger partial charge in [0.1, 0.15) is 10.5 Å². The first kappa shape index (κ1) is 13.5. The Balaban J connectivity index is 2.17. The number of pyridine rings is 1. The highest BCUT2D eigenvalue weighted by atomic mass is 32.1. The smallest absolute Gasteiger partial charge is 0.161 e. The second-order valence-corrected chi connectivity index (χ2v) is 5.24. The molecule has 0 atom stereocenters. The predicted octanol–water partition coefficient (Wildman–Crippen LogP) is 2.37. The summed E-state index contributed by atoms with van der Waals surface area (Å²) in [5, 5.41) is 0. The molecule has 0 fully saturated rings. The molecule has 106 valence electrons. The number of rotatable bonds is 3. The maximum atomic E-state index is 5.81. The van der Waals surface area contributed by atoms with Crippen molar-refractivity contribution in [2.45, 2.75) is 0 Å². The number of para-hydroxylation sites is 1. The summed E-state index contributed by atoms with van der Waals surface area (Å²) in [5.74, 6) is 0.775. The Bertz CT molecular complexity index is 824. The van der Waals surface area contributed by atoms with Crippen molar-refractivity contribution in [1.29, 1.82) is 0 Å². The monoisotopic (exact) mass is 297 g/mol. The Labute approximate surface area is 128 Å². The van der Waals surface area contributed by atoms with Crippen LogP contribution in [0.15, 0.2) is 42.9 Å². The van der Waals surface area contributed by atoms with Crippen LogP contribution in [-0.4, -0.2) is 26.6 Å². The van der Waals surface area contributed by atoms with Crippen LogP contribution in [0, 0.1) is 0 Å². The number of imidazole rings is 1. The lowest BCUT2D eigenvalue weighted by molar-refractivity contribution is 0.947. The number of thiocarbonyl (C=S) groups is 1. The van der Waals surface area contributed by atoms with Crippen LogP contribution in [0.3, 0.4) is 0 Å². The number of hydrogen-bond donors (Lipinski definition) is 1. The maximum Gasteiger partial charge on any atom is 0.161 e. The van der Waals surface area contributed by atoms with E-state index < -0.39 is 0 Å². The number of fused-ring (bicyclic) bond motifs is 1. The summed E-state index contributed by atoms with van der Waals surface area (Å²) in [6.45, 7) is 0. The van der Waals surface area contributed by atoms with Gasteiger partial charge in [-0.25, -0.2) is 9.97 Å². The second-order valence-electron chi connectivity index (χ2n) is 4.80. The normalized spacial score (nSPS) is 10.8. The van der Waals surface area contributed by atoms with Gasteiger partial charge in [0.05, 0.1) is 17.5 Å². The summed E-state index contributed by atoms with van der Waals surface area (Å²) in [5.41, 5.74) is 9.42. The van der Waals surface area contributed by atoms with Gasteiger partial charge < -0.3 is 15.2 Å². The highest BCUT2D eigenvalue weighted by Crippen LogP contribution is 2.29. The van der Waals surface area contributed by atoms with Gasteiger partial charge in [-0.15, -0.1) is 0 Å². The molecule has 1 aromatic carbocycles. The maximum absolute atomic E-state index is 5.81. The van der Waals surface area contributed by atoms with Crippen molar-refractivity contribution >= 4 is 39.7 Å². The van der Waals surface area contributed by atoms with E-state index >= 15 is 0 Å². The van der Waals surface area contributed by atoms with Gasteiger partial charge in [0, 0.05) is 25.9 Å². The first-order valence-corrected chi connectivity index (χ1v) is 6.89. The topological polar surface area (TPSA) is 60.0 Å². The molecule has 0 saturated heterocycles. The minimum Gasteiger partial charge on any atom is -0.389 e. The Hall–Kier alpha value is -2.47. The number of aryl methyl sites for hydroxylation is 1. The van der Waals surface area contributed by atoms with Crippen LogP contribution in [-0.2, 0) is 7.05 Å². The van der Waals surface area contributed by atoms with Gasteiger partial charge in [-0.2, -0.15) is 0 Å². The molecule has 0 aliphatic heterocycles. The third-order valence-electron chi connectivity index (χ3n) is 3.47. The van der Waals surface area contributed by atoms with E-state index in [1.165, 1.54) is 0 Å². The van der Waals surface area contributed by atoms with E-state index in [2.05, 4.69) is 9.97 Å². The Morgan fingerprint density at radius 1 is 1.24 bits per heavy atom. The molecule has 0 bridgehead atoms. The first-order chi connectivity index (χ1) is 10.1. The Morgan fingerprint density at radius 3 is 2.76 bits per heavy atom. The Morgan fingerprint density at radius 2 is 2.00 bits per heavy atom. The fourth-order valence-electron chi connectivity index (χ4n) is 2.38. The van der Waals surface area contributed by atoms with E-state index in [-0.39, 0.29) is 0 Å². The fraction of sp³-hybridized carbons (Fsp3) is 0.133. The summed E-state index contributed by atoms with van der Waals surface area (Å²) in [6.07, 6.45) is 3.56. The lowest BCUT2D eigenvalue weighted by Gasteiger charge is -2.21. The van der Waals surface area contributed by atoms with Gasteiger partial charge in [-0.1, -0.05) is 24.4 Å². The standard InChI is InChI=1S/C15H15N5S/c1-19-9-18-13-12(19)7-8-17-15(13)20(2)11-6-4-3-5-10(11)14(16)21/h3-9H,1-2H3,(H2,16,21). The molecule has 0 radical (unpaired) electrons. The van der Waals surface area contributed by atoms with Crippen molar-refractivity contribution in [1.82, 2.24) is 14.5 Å². The van der Waals surface area contributed by atoms with Gasteiger partial charge in [0.25, 0.3) is 0 Å². The highest BCUT2D eigenvalue weighted by molar-refractivity contribution is 7.80. The van der Waals surface area contributed by atoms with Gasteiger partial charge >= 0.3 is 0 Å². The largest absolute Gasteiger partial charge is 0.389 e. The van der Waals surface area contributed by atoms with Crippen molar-refractivity contribution in [3.05, 3.63) is 48.4 Å². The molecule has 2 heterocycles. The van der Waals surface area contributed by atoms with Crippen molar-refractivity contribution in [2.75, 3.05) is 11.9 Å². The lowest BCUT2D eigenvalue weighted by Crippen LogP contribution is -2.18. The quantitative estimate of drug-likeness (QED) is 0.752. The molecule has 6 heteroatoms. The minimum atomic E-state index is 0.366. The van der Waals surface area contributed by atoms with E-state index in [0.29, 0.717) is 4.99 Å². The van der Waals surface area contributed by atoms with Crippen LogP contribution in [0.2, 0.25) is 0 Å². The molecule has 0 aliphatic rings. The van der Waals surface area contributed by atoms with Gasteiger partial charge in [0.15, 0.2) is 5.82 Å². The van der Waals surface area contributed by atoms with Crippen molar-refractivity contribution < 1.29 is 0 Å². The van der Waals surface area contributed by atoms with E-state index in [1.807, 2.05) is 53.9 Å². The molecular weight excluding hydrogens is 282 g/mol. The van der Waals surface area contributed by atoms with E-state index in [4.69, 9.17) is 18.0 Å². The van der Waals surface area contributed by atoms with Crippen LogP contribution in [0.5, 0.6) is 0 Å². The molecule has 3 rings (SSSR count). The molecule has 3 aromatic rings. The van der Waals surface area contributed by atoms with E-state index in [0.717, 1.165) is 28.1 Å². The molecule has 0 amide bonds. The third-order valence-corrected chi connectivity index (χ3v) is 3.69. The lowest BCUT2D eigenvalue weighted by atomic mass is 10.1. The zero-order chi connectivity index (χ0) is 15.0. The first-order valence-electron chi connectivity index (χ1n) is 6.48. The van der Waals surface area contributed by atoms with Crippen molar-refractivity contribution in [2.24, 2.45) is 12.8 Å². The number of nitrogens with two attached hydrogens (primary N) is 1. The molecule has 0 spiro atoms. The van der Waals surface area contributed by atoms with Crippen LogP contribution in [0.25, 0.3) is 11.0 Å². The van der Waals surface area contributed by atoms with Crippen LogP contribution in [0.4, 0.5) is 11.5 Å². The van der Waals surface area contributed by atoms with Crippen molar-refractivity contribution in [3.8, 4) is 0 Å². The van der Waals surface area contributed by atoms with Crippen molar-refractivity contribution in [3.63, 3.8) is 0 Å². The molecule has 2 aromatic heterocycles.